The first-order valence-corrected chi connectivity index (χ1v) is 10.0. The van der Waals surface area contributed by atoms with E-state index in [-0.39, 0.29) is 5.91 Å². The molecule has 0 unspecified atom stereocenters. The number of halogens is 2. The van der Waals surface area contributed by atoms with Crippen LogP contribution in [0, 0.1) is 0 Å². The molecule has 140 valence electrons. The molecule has 5 nitrogen and oxygen atoms in total. The van der Waals surface area contributed by atoms with Gasteiger partial charge in [0.15, 0.2) is 5.65 Å². The lowest BCUT2D eigenvalue weighted by Gasteiger charge is -2.07. The van der Waals surface area contributed by atoms with Gasteiger partial charge in [-0.25, -0.2) is 4.98 Å². The number of nitrogens with zero attached hydrogens (tertiary/aromatic N) is 2. The first kappa shape index (κ1) is 18.7. The highest BCUT2D eigenvalue weighted by Crippen LogP contribution is 2.27. The summed E-state index contributed by atoms with van der Waals surface area (Å²) in [6.45, 7) is 0. The maximum absolute atomic E-state index is 12.5. The Morgan fingerprint density at radius 2 is 1.86 bits per heavy atom. The number of carbonyl (C=O) groups is 1. The molecule has 0 saturated carbocycles. The van der Waals surface area contributed by atoms with E-state index in [0.29, 0.717) is 17.0 Å². The molecule has 1 N–H and O–H groups in total. The number of hydrogen-bond donors (Lipinski definition) is 1. The van der Waals surface area contributed by atoms with Crippen LogP contribution in [0.3, 0.4) is 0 Å². The van der Waals surface area contributed by atoms with E-state index in [1.165, 1.54) is 0 Å². The van der Waals surface area contributed by atoms with E-state index >= 15 is 0 Å². The summed E-state index contributed by atoms with van der Waals surface area (Å²) < 4.78 is 8.93. The summed E-state index contributed by atoms with van der Waals surface area (Å²) in [6, 6.07) is 16.6. The largest absolute Gasteiger partial charge is 0.497 e. The zero-order chi connectivity index (χ0) is 19.7. The summed E-state index contributed by atoms with van der Waals surface area (Å²) >= 11 is 7.02. The van der Waals surface area contributed by atoms with Crippen molar-refractivity contribution in [3.63, 3.8) is 0 Å². The summed E-state index contributed by atoms with van der Waals surface area (Å²) in [5.74, 6) is 0.532. The van der Waals surface area contributed by atoms with Gasteiger partial charge in [-0.1, -0.05) is 12.1 Å². The highest BCUT2D eigenvalue weighted by molar-refractivity contribution is 9.11. The lowest BCUT2D eigenvalue weighted by atomic mass is 10.1. The molecule has 0 bridgehead atoms. The van der Waals surface area contributed by atoms with Gasteiger partial charge in [0.25, 0.3) is 5.91 Å². The van der Waals surface area contributed by atoms with Gasteiger partial charge < -0.3 is 14.5 Å². The van der Waals surface area contributed by atoms with Crippen molar-refractivity contribution >= 4 is 49.1 Å². The van der Waals surface area contributed by atoms with Crippen molar-refractivity contribution in [2.24, 2.45) is 0 Å². The van der Waals surface area contributed by atoms with Gasteiger partial charge in [0.2, 0.25) is 0 Å². The van der Waals surface area contributed by atoms with Crippen LogP contribution in [0.15, 0.2) is 75.9 Å². The number of methoxy groups -OCH3 is 1. The number of imidazole rings is 1. The van der Waals surface area contributed by atoms with E-state index in [2.05, 4.69) is 42.2 Å². The smallest absolute Gasteiger partial charge is 0.255 e. The monoisotopic (exact) mass is 499 g/mol. The van der Waals surface area contributed by atoms with Gasteiger partial charge >= 0.3 is 0 Å². The second kappa shape index (κ2) is 7.77. The quantitative estimate of drug-likeness (QED) is 0.386. The molecule has 0 radical (unpaired) electrons. The van der Waals surface area contributed by atoms with E-state index in [9.17, 15) is 4.79 Å². The van der Waals surface area contributed by atoms with Gasteiger partial charge in [0, 0.05) is 33.7 Å². The van der Waals surface area contributed by atoms with Crippen molar-refractivity contribution in [3.8, 4) is 17.0 Å². The van der Waals surface area contributed by atoms with Crippen molar-refractivity contribution in [2.45, 2.75) is 0 Å². The Hall–Kier alpha value is -2.64. The van der Waals surface area contributed by atoms with Crippen LogP contribution in [0.25, 0.3) is 16.9 Å². The molecule has 1 amide bonds. The van der Waals surface area contributed by atoms with Gasteiger partial charge in [-0.2, -0.15) is 0 Å². The topological polar surface area (TPSA) is 55.6 Å². The molecule has 4 aromatic rings. The predicted molar refractivity (Wildman–Crippen MR) is 117 cm³/mol. The van der Waals surface area contributed by atoms with E-state index in [0.717, 1.165) is 25.8 Å². The highest BCUT2D eigenvalue weighted by Gasteiger charge is 2.10. The zero-order valence-corrected chi connectivity index (χ0v) is 18.0. The molecule has 0 aliphatic carbocycles. The maximum atomic E-state index is 12.5. The number of benzene rings is 2. The second-order valence-electron chi connectivity index (χ2n) is 6.13. The van der Waals surface area contributed by atoms with Crippen LogP contribution in [0.5, 0.6) is 5.75 Å². The molecule has 7 heteroatoms. The van der Waals surface area contributed by atoms with Crippen LogP contribution >= 0.6 is 31.9 Å². The molecular formula is C21H15Br2N3O2. The standard InChI is InChI=1S/C21H15Br2N3O2/c1-28-17-7-5-13(6-8-17)21(27)24-16-4-2-3-14(9-16)19-12-26-11-15(22)10-18(23)20(26)25-19/h2-12H,1H3,(H,24,27). The number of anilines is 1. The molecule has 0 aliphatic rings. The Labute approximate surface area is 178 Å². The normalized spacial score (nSPS) is 10.8. The summed E-state index contributed by atoms with van der Waals surface area (Å²) in [4.78, 5) is 17.2. The van der Waals surface area contributed by atoms with Crippen LogP contribution in [0.2, 0.25) is 0 Å². The van der Waals surface area contributed by atoms with Crippen molar-refractivity contribution in [2.75, 3.05) is 12.4 Å². The van der Waals surface area contributed by atoms with Gasteiger partial charge in [-0.3, -0.25) is 4.79 Å². The third-order valence-electron chi connectivity index (χ3n) is 4.24. The van der Waals surface area contributed by atoms with Gasteiger partial charge in [-0.15, -0.1) is 0 Å². The SMILES string of the molecule is COc1ccc(C(=O)Nc2cccc(-c3cn4cc(Br)cc(Br)c4n3)c2)cc1. The van der Waals surface area contributed by atoms with E-state index in [1.54, 1.807) is 31.4 Å². The number of fused-ring (bicyclic) bond motifs is 1. The Morgan fingerprint density at radius 3 is 2.61 bits per heavy atom. The van der Waals surface area contributed by atoms with Crippen molar-refractivity contribution in [3.05, 3.63) is 81.5 Å². The van der Waals surface area contributed by atoms with Gasteiger partial charge in [0.1, 0.15) is 5.75 Å². The summed E-state index contributed by atoms with van der Waals surface area (Å²) in [6.07, 6.45) is 3.90. The molecule has 0 saturated heterocycles. The number of ether oxygens (including phenoxy) is 1. The Balaban J connectivity index is 1.60. The molecule has 4 rings (SSSR count). The summed E-state index contributed by atoms with van der Waals surface area (Å²) in [5, 5.41) is 2.93. The molecule has 28 heavy (non-hydrogen) atoms. The average Bonchev–Trinajstić information content (AvgIpc) is 3.13. The molecule has 2 aromatic carbocycles. The van der Waals surface area contributed by atoms with Crippen LogP contribution in [0.4, 0.5) is 5.69 Å². The zero-order valence-electron chi connectivity index (χ0n) is 14.8. The highest BCUT2D eigenvalue weighted by atomic mass is 79.9. The fourth-order valence-electron chi connectivity index (χ4n) is 2.87. The third kappa shape index (κ3) is 3.81. The number of hydrogen-bond acceptors (Lipinski definition) is 3. The molecule has 2 heterocycles. The van der Waals surface area contributed by atoms with Crippen LogP contribution in [-0.4, -0.2) is 22.4 Å². The number of aromatic nitrogens is 2. The lowest BCUT2D eigenvalue weighted by molar-refractivity contribution is 0.102. The maximum Gasteiger partial charge on any atom is 0.255 e. The van der Waals surface area contributed by atoms with Crippen LogP contribution in [-0.2, 0) is 0 Å². The lowest BCUT2D eigenvalue weighted by Crippen LogP contribution is -2.11. The second-order valence-corrected chi connectivity index (χ2v) is 7.90. The molecular weight excluding hydrogens is 486 g/mol. The molecule has 0 aliphatic heterocycles. The Kier molecular flexibility index (Phi) is 5.19. The average molecular weight is 501 g/mol. The summed E-state index contributed by atoms with van der Waals surface area (Å²) in [7, 11) is 1.59. The minimum absolute atomic E-state index is 0.179. The fraction of sp³-hybridized carbons (Fsp3) is 0.0476. The Morgan fingerprint density at radius 1 is 1.07 bits per heavy atom. The molecule has 0 fully saturated rings. The number of pyridine rings is 1. The number of carbonyl (C=O) groups excluding carboxylic acids is 1. The fourth-order valence-corrected chi connectivity index (χ4v) is 4.16. The van der Waals surface area contributed by atoms with E-state index in [4.69, 9.17) is 4.74 Å². The van der Waals surface area contributed by atoms with E-state index in [1.807, 2.05) is 47.1 Å². The van der Waals surface area contributed by atoms with Gasteiger partial charge in [-0.05, 0) is 74.3 Å². The molecule has 0 atom stereocenters. The first-order valence-electron chi connectivity index (χ1n) is 8.43. The third-order valence-corrected chi connectivity index (χ3v) is 5.26. The van der Waals surface area contributed by atoms with Crippen molar-refractivity contribution in [1.29, 1.82) is 0 Å². The number of rotatable bonds is 4. The minimum atomic E-state index is -0.179. The van der Waals surface area contributed by atoms with Gasteiger partial charge in [0.05, 0.1) is 17.3 Å². The first-order chi connectivity index (χ1) is 13.5. The van der Waals surface area contributed by atoms with Crippen molar-refractivity contribution < 1.29 is 9.53 Å². The number of nitrogens with one attached hydrogen (secondary N) is 1. The minimum Gasteiger partial charge on any atom is -0.497 e. The van der Waals surface area contributed by atoms with Crippen molar-refractivity contribution in [1.82, 2.24) is 9.38 Å². The molecule has 0 spiro atoms. The Bertz CT molecular complexity index is 1170. The molecule has 2 aromatic heterocycles. The van der Waals surface area contributed by atoms with Crippen LogP contribution in [0.1, 0.15) is 10.4 Å². The number of amides is 1. The predicted octanol–water partition coefficient (Wildman–Crippen LogP) is 5.79. The van der Waals surface area contributed by atoms with Crippen LogP contribution < -0.4 is 10.1 Å². The summed E-state index contributed by atoms with van der Waals surface area (Å²) in [5.41, 5.74) is 3.83. The van der Waals surface area contributed by atoms with E-state index < -0.39 is 0 Å².